The standard InChI is InChI=1S/C21H27N3O5/c1-13(2)22-20(25)17-7-5-6-10-24(17)21(26)16-12-19(29-23-16)15-11-14(27-3)8-9-18(15)28-4/h8-9,11-13,17H,5-7,10H2,1-4H3,(H,22,25)/t17-/m1/s1. The van der Waals surface area contributed by atoms with Crippen LogP contribution in [0.25, 0.3) is 11.3 Å². The minimum atomic E-state index is -0.495. The van der Waals surface area contributed by atoms with Crippen LogP contribution >= 0.6 is 0 Å². The number of hydrogen-bond donors (Lipinski definition) is 1. The number of rotatable bonds is 6. The first kappa shape index (κ1) is 20.7. The van der Waals surface area contributed by atoms with Gasteiger partial charge in [-0.3, -0.25) is 9.59 Å². The van der Waals surface area contributed by atoms with Gasteiger partial charge in [0.15, 0.2) is 11.5 Å². The Balaban J connectivity index is 1.86. The van der Waals surface area contributed by atoms with E-state index in [1.807, 2.05) is 13.8 Å². The highest BCUT2D eigenvalue weighted by Gasteiger charge is 2.34. The van der Waals surface area contributed by atoms with Gasteiger partial charge in [-0.1, -0.05) is 5.16 Å². The van der Waals surface area contributed by atoms with Crippen molar-refractivity contribution >= 4 is 11.8 Å². The monoisotopic (exact) mass is 401 g/mol. The fourth-order valence-electron chi connectivity index (χ4n) is 3.48. The summed E-state index contributed by atoms with van der Waals surface area (Å²) < 4.78 is 16.1. The van der Waals surface area contributed by atoms with E-state index >= 15 is 0 Å². The highest BCUT2D eigenvalue weighted by molar-refractivity contribution is 5.97. The van der Waals surface area contributed by atoms with E-state index < -0.39 is 6.04 Å². The highest BCUT2D eigenvalue weighted by Crippen LogP contribution is 2.34. The van der Waals surface area contributed by atoms with Crippen LogP contribution in [-0.4, -0.2) is 54.7 Å². The van der Waals surface area contributed by atoms with Crippen molar-refractivity contribution in [1.29, 1.82) is 0 Å². The second kappa shape index (κ2) is 8.98. The molecule has 29 heavy (non-hydrogen) atoms. The van der Waals surface area contributed by atoms with Crippen molar-refractivity contribution in [3.8, 4) is 22.8 Å². The first-order chi connectivity index (χ1) is 13.9. The Morgan fingerprint density at radius 2 is 2.00 bits per heavy atom. The molecular weight excluding hydrogens is 374 g/mol. The molecule has 3 rings (SSSR count). The fourth-order valence-corrected chi connectivity index (χ4v) is 3.48. The zero-order chi connectivity index (χ0) is 21.0. The lowest BCUT2D eigenvalue weighted by atomic mass is 10.0. The molecule has 1 aromatic heterocycles. The molecule has 0 spiro atoms. The molecule has 2 amide bonds. The summed E-state index contributed by atoms with van der Waals surface area (Å²) in [4.78, 5) is 27.2. The molecule has 156 valence electrons. The Bertz CT molecular complexity index is 877. The quantitative estimate of drug-likeness (QED) is 0.800. The molecule has 1 N–H and O–H groups in total. The number of benzene rings is 1. The minimum Gasteiger partial charge on any atom is -0.497 e. The van der Waals surface area contributed by atoms with Gasteiger partial charge in [0.2, 0.25) is 5.91 Å². The van der Waals surface area contributed by atoms with E-state index in [-0.39, 0.29) is 23.6 Å². The largest absolute Gasteiger partial charge is 0.497 e. The molecule has 8 heteroatoms. The van der Waals surface area contributed by atoms with Crippen LogP contribution in [0, 0.1) is 0 Å². The predicted octanol–water partition coefficient (Wildman–Crippen LogP) is 2.88. The van der Waals surface area contributed by atoms with Gasteiger partial charge < -0.3 is 24.2 Å². The number of hydrogen-bond acceptors (Lipinski definition) is 6. The number of carbonyl (C=O) groups is 2. The van der Waals surface area contributed by atoms with Gasteiger partial charge in [0.1, 0.15) is 17.5 Å². The number of carbonyl (C=O) groups excluding carboxylic acids is 2. The molecule has 8 nitrogen and oxygen atoms in total. The van der Waals surface area contributed by atoms with Gasteiger partial charge in [0.25, 0.3) is 5.91 Å². The van der Waals surface area contributed by atoms with Crippen molar-refractivity contribution in [1.82, 2.24) is 15.4 Å². The van der Waals surface area contributed by atoms with Gasteiger partial charge in [-0.2, -0.15) is 0 Å². The predicted molar refractivity (Wildman–Crippen MR) is 107 cm³/mol. The lowest BCUT2D eigenvalue weighted by Crippen LogP contribution is -2.53. The Hall–Kier alpha value is -3.03. The van der Waals surface area contributed by atoms with Crippen LogP contribution in [0.1, 0.15) is 43.6 Å². The molecule has 0 saturated carbocycles. The molecule has 0 unspecified atom stereocenters. The summed E-state index contributed by atoms with van der Waals surface area (Å²) in [7, 11) is 3.12. The molecular formula is C21H27N3O5. The third-order valence-electron chi connectivity index (χ3n) is 4.90. The molecule has 2 heterocycles. The van der Waals surface area contributed by atoms with E-state index in [0.29, 0.717) is 35.8 Å². The average molecular weight is 401 g/mol. The number of nitrogens with one attached hydrogen (secondary N) is 1. The molecule has 1 aliphatic rings. The zero-order valence-corrected chi connectivity index (χ0v) is 17.2. The smallest absolute Gasteiger partial charge is 0.276 e. The summed E-state index contributed by atoms with van der Waals surface area (Å²) >= 11 is 0. The topological polar surface area (TPSA) is 93.9 Å². The number of amides is 2. The number of methoxy groups -OCH3 is 2. The maximum atomic E-state index is 13.1. The normalized spacial score (nSPS) is 16.6. The van der Waals surface area contributed by atoms with E-state index in [2.05, 4.69) is 10.5 Å². The van der Waals surface area contributed by atoms with Gasteiger partial charge in [0, 0.05) is 18.7 Å². The summed E-state index contributed by atoms with van der Waals surface area (Å²) in [6.45, 7) is 4.32. The Morgan fingerprint density at radius 3 is 2.69 bits per heavy atom. The number of ether oxygens (including phenoxy) is 2. The van der Waals surface area contributed by atoms with E-state index in [1.54, 1.807) is 43.4 Å². The number of aromatic nitrogens is 1. The molecule has 1 atom stereocenters. The van der Waals surface area contributed by atoms with Crippen LogP contribution in [0.3, 0.4) is 0 Å². The van der Waals surface area contributed by atoms with Crippen LogP contribution < -0.4 is 14.8 Å². The van der Waals surface area contributed by atoms with Crippen LogP contribution in [0.2, 0.25) is 0 Å². The van der Waals surface area contributed by atoms with Crippen LogP contribution in [0.5, 0.6) is 11.5 Å². The first-order valence-corrected chi connectivity index (χ1v) is 9.75. The number of nitrogens with zero attached hydrogens (tertiary/aromatic N) is 2. The van der Waals surface area contributed by atoms with Gasteiger partial charge in [-0.25, -0.2) is 0 Å². The molecule has 1 saturated heterocycles. The summed E-state index contributed by atoms with van der Waals surface area (Å²) in [5.41, 5.74) is 0.792. The van der Waals surface area contributed by atoms with Crippen molar-refractivity contribution in [3.05, 3.63) is 30.0 Å². The fraction of sp³-hybridized carbons (Fsp3) is 0.476. The van der Waals surface area contributed by atoms with Crippen LogP contribution in [0.4, 0.5) is 0 Å². The molecule has 0 bridgehead atoms. The van der Waals surface area contributed by atoms with Crippen molar-refractivity contribution < 1.29 is 23.6 Å². The van der Waals surface area contributed by atoms with Crippen LogP contribution in [-0.2, 0) is 4.79 Å². The third-order valence-corrected chi connectivity index (χ3v) is 4.90. The second-order valence-corrected chi connectivity index (χ2v) is 7.32. The zero-order valence-electron chi connectivity index (χ0n) is 17.2. The summed E-state index contributed by atoms with van der Waals surface area (Å²) in [5, 5.41) is 6.86. The lowest BCUT2D eigenvalue weighted by molar-refractivity contribution is -0.127. The summed E-state index contributed by atoms with van der Waals surface area (Å²) in [6.07, 6.45) is 2.40. The van der Waals surface area contributed by atoms with Gasteiger partial charge in [-0.15, -0.1) is 0 Å². The second-order valence-electron chi connectivity index (χ2n) is 7.32. The SMILES string of the molecule is COc1ccc(OC)c(-c2cc(C(=O)N3CCCC[C@@H]3C(=O)NC(C)C)no2)c1. The van der Waals surface area contributed by atoms with Gasteiger partial charge in [0.05, 0.1) is 19.8 Å². The first-order valence-electron chi connectivity index (χ1n) is 9.75. The van der Waals surface area contributed by atoms with Crippen molar-refractivity contribution in [2.45, 2.75) is 45.2 Å². The summed E-state index contributed by atoms with van der Waals surface area (Å²) in [5.74, 6) is 1.15. The molecule has 0 aliphatic carbocycles. The maximum absolute atomic E-state index is 13.1. The average Bonchev–Trinajstić information content (AvgIpc) is 3.22. The van der Waals surface area contributed by atoms with E-state index in [0.717, 1.165) is 12.8 Å². The van der Waals surface area contributed by atoms with Gasteiger partial charge in [-0.05, 0) is 51.3 Å². The number of likely N-dealkylation sites (tertiary alicyclic amines) is 1. The Kier molecular flexibility index (Phi) is 6.41. The highest BCUT2D eigenvalue weighted by atomic mass is 16.5. The third kappa shape index (κ3) is 4.52. The van der Waals surface area contributed by atoms with Crippen molar-refractivity contribution in [2.24, 2.45) is 0 Å². The van der Waals surface area contributed by atoms with E-state index in [1.165, 1.54) is 0 Å². The van der Waals surface area contributed by atoms with E-state index in [4.69, 9.17) is 14.0 Å². The maximum Gasteiger partial charge on any atom is 0.276 e. The molecule has 1 aliphatic heterocycles. The van der Waals surface area contributed by atoms with Crippen molar-refractivity contribution in [2.75, 3.05) is 20.8 Å². The van der Waals surface area contributed by atoms with Crippen LogP contribution in [0.15, 0.2) is 28.8 Å². The number of piperidine rings is 1. The van der Waals surface area contributed by atoms with E-state index in [9.17, 15) is 9.59 Å². The minimum absolute atomic E-state index is 0.0144. The molecule has 2 aromatic rings. The molecule has 1 aromatic carbocycles. The Labute approximate surface area is 170 Å². The summed E-state index contributed by atoms with van der Waals surface area (Å²) in [6, 6.07) is 6.38. The lowest BCUT2D eigenvalue weighted by Gasteiger charge is -2.34. The molecule has 1 fully saturated rings. The van der Waals surface area contributed by atoms with Gasteiger partial charge >= 0.3 is 0 Å². The Morgan fingerprint density at radius 1 is 1.21 bits per heavy atom. The van der Waals surface area contributed by atoms with Crippen molar-refractivity contribution in [3.63, 3.8) is 0 Å². The molecule has 0 radical (unpaired) electrons.